The fourth-order valence-corrected chi connectivity index (χ4v) is 2.02. The van der Waals surface area contributed by atoms with Crippen LogP contribution in [0.2, 0.25) is 0 Å². The molecule has 1 atom stereocenters. The molecule has 0 aliphatic carbocycles. The van der Waals surface area contributed by atoms with Crippen molar-refractivity contribution in [2.75, 3.05) is 11.8 Å². The number of anilines is 1. The monoisotopic (exact) mass is 244 g/mol. The van der Waals surface area contributed by atoms with Crippen molar-refractivity contribution in [2.45, 2.75) is 19.6 Å². The molecule has 90 valence electrons. The van der Waals surface area contributed by atoms with Crippen molar-refractivity contribution in [1.29, 1.82) is 0 Å². The Balaban J connectivity index is 3.20. The van der Waals surface area contributed by atoms with Gasteiger partial charge < -0.3 is 10.5 Å². The van der Waals surface area contributed by atoms with Crippen molar-refractivity contribution >= 4 is 16.6 Å². The van der Waals surface area contributed by atoms with E-state index in [0.29, 0.717) is 12.3 Å². The zero-order valence-corrected chi connectivity index (χ0v) is 10.2. The van der Waals surface area contributed by atoms with Gasteiger partial charge in [0.1, 0.15) is 0 Å². The summed E-state index contributed by atoms with van der Waals surface area (Å²) in [5.74, 6) is 0. The molecule has 0 aliphatic heterocycles. The Morgan fingerprint density at radius 3 is 2.69 bits per heavy atom. The van der Waals surface area contributed by atoms with Crippen molar-refractivity contribution in [1.82, 2.24) is 0 Å². The smallest absolute Gasteiger partial charge is 0.222 e. The van der Waals surface area contributed by atoms with Gasteiger partial charge in [-0.25, -0.2) is 8.42 Å². The molecule has 5 nitrogen and oxygen atoms in total. The van der Waals surface area contributed by atoms with E-state index in [1.807, 2.05) is 6.07 Å². The van der Waals surface area contributed by atoms with E-state index in [-0.39, 0.29) is 6.04 Å². The van der Waals surface area contributed by atoms with Gasteiger partial charge in [-0.15, -0.1) is 0 Å². The molecule has 0 bridgehead atoms. The van der Waals surface area contributed by atoms with Crippen LogP contribution in [0.4, 0.5) is 5.69 Å². The lowest BCUT2D eigenvalue weighted by molar-refractivity contribution is 0.184. The van der Waals surface area contributed by atoms with E-state index in [1.165, 1.54) is 0 Å². The number of nitrogens with one attached hydrogen (secondary N) is 1. The lowest BCUT2D eigenvalue weighted by Gasteiger charge is -2.16. The molecular formula is C10H16N2O3S. The molecule has 0 amide bonds. The highest BCUT2D eigenvalue weighted by atomic mass is 32.2. The molecule has 0 spiro atoms. The number of nitrogens with two attached hydrogens (primary N) is 1. The molecule has 3 N–H and O–H groups in total. The van der Waals surface area contributed by atoms with Gasteiger partial charge in [-0.05, 0) is 24.1 Å². The van der Waals surface area contributed by atoms with Crippen LogP contribution in [0.15, 0.2) is 18.2 Å². The molecule has 0 aromatic heterocycles. The average Bonchev–Trinajstić information content (AvgIpc) is 2.16. The molecule has 1 unspecified atom stereocenters. The Kier molecular flexibility index (Phi) is 4.72. The number of methoxy groups -OCH3 is 1. The Morgan fingerprint density at radius 2 is 2.19 bits per heavy atom. The normalized spacial score (nSPS) is 12.8. The van der Waals surface area contributed by atoms with E-state index in [4.69, 9.17) is 10.5 Å². The fraction of sp³-hybridized carbons (Fsp3) is 0.400. The van der Waals surface area contributed by atoms with Crippen LogP contribution < -0.4 is 10.5 Å². The summed E-state index contributed by atoms with van der Waals surface area (Å²) < 4.78 is 28.7. The maximum Gasteiger partial charge on any atom is 0.222 e. The van der Waals surface area contributed by atoms with Crippen LogP contribution in [0.5, 0.6) is 0 Å². The summed E-state index contributed by atoms with van der Waals surface area (Å²) in [4.78, 5) is 0. The molecule has 0 saturated carbocycles. The van der Waals surface area contributed by atoms with Gasteiger partial charge in [0.2, 0.25) is 10.9 Å². The highest BCUT2D eigenvalue weighted by Gasteiger charge is 2.12. The SMILES string of the molecule is COCc1cccc(N[SH](=O)=O)c1C(C)N. The Morgan fingerprint density at radius 1 is 1.50 bits per heavy atom. The number of ether oxygens (including phenoxy) is 1. The molecule has 0 saturated heterocycles. The van der Waals surface area contributed by atoms with Crippen molar-refractivity contribution in [3.8, 4) is 0 Å². The van der Waals surface area contributed by atoms with E-state index in [1.54, 1.807) is 26.2 Å². The standard InChI is InChI=1S/C10H16N2O3S/c1-7(11)10-8(6-15-2)4-3-5-9(10)12-16(13)14/h3-5,7,16H,6,11H2,1-2H3,(H,12,13,14). The minimum Gasteiger partial charge on any atom is -0.380 e. The van der Waals surface area contributed by atoms with Crippen LogP contribution in [0, 0.1) is 0 Å². The van der Waals surface area contributed by atoms with Crippen molar-refractivity contribution < 1.29 is 13.2 Å². The Labute approximate surface area is 96.7 Å². The van der Waals surface area contributed by atoms with Crippen LogP contribution in [0.25, 0.3) is 0 Å². The van der Waals surface area contributed by atoms with Crippen LogP contribution in [0.1, 0.15) is 24.1 Å². The minimum atomic E-state index is -2.69. The lowest BCUT2D eigenvalue weighted by atomic mass is 10.0. The summed E-state index contributed by atoms with van der Waals surface area (Å²) in [6, 6.07) is 5.05. The van der Waals surface area contributed by atoms with Gasteiger partial charge >= 0.3 is 0 Å². The minimum absolute atomic E-state index is 0.260. The molecule has 16 heavy (non-hydrogen) atoms. The molecular weight excluding hydrogens is 228 g/mol. The predicted octanol–water partition coefficient (Wildman–Crippen LogP) is 0.791. The maximum absolute atomic E-state index is 10.7. The van der Waals surface area contributed by atoms with Gasteiger partial charge in [-0.2, -0.15) is 0 Å². The second kappa shape index (κ2) is 5.83. The number of hydrogen-bond donors (Lipinski definition) is 3. The second-order valence-electron chi connectivity index (χ2n) is 3.47. The third-order valence-electron chi connectivity index (χ3n) is 2.16. The van der Waals surface area contributed by atoms with Gasteiger partial charge in [-0.3, -0.25) is 4.72 Å². The molecule has 0 aliphatic rings. The summed E-state index contributed by atoms with van der Waals surface area (Å²) in [6.45, 7) is 2.21. The number of benzene rings is 1. The van der Waals surface area contributed by atoms with Gasteiger partial charge in [-0.1, -0.05) is 12.1 Å². The molecule has 1 aromatic carbocycles. The fourth-order valence-electron chi connectivity index (χ4n) is 1.63. The highest BCUT2D eigenvalue weighted by molar-refractivity contribution is 7.73. The number of rotatable bonds is 5. The largest absolute Gasteiger partial charge is 0.380 e. The van der Waals surface area contributed by atoms with E-state index in [2.05, 4.69) is 4.72 Å². The number of thiol groups is 1. The van der Waals surface area contributed by atoms with Crippen LogP contribution >= 0.6 is 0 Å². The third-order valence-corrected chi connectivity index (χ3v) is 2.59. The first kappa shape index (κ1) is 13.0. The third kappa shape index (κ3) is 3.19. The summed E-state index contributed by atoms with van der Waals surface area (Å²) in [6.07, 6.45) is 0. The quantitative estimate of drug-likeness (QED) is 0.669. The average molecular weight is 244 g/mol. The zero-order valence-electron chi connectivity index (χ0n) is 9.27. The van der Waals surface area contributed by atoms with Crippen LogP contribution in [-0.2, 0) is 22.2 Å². The Hall–Kier alpha value is -1.11. The van der Waals surface area contributed by atoms with E-state index < -0.39 is 10.9 Å². The molecule has 6 heteroatoms. The van der Waals surface area contributed by atoms with Crippen LogP contribution in [-0.4, -0.2) is 15.5 Å². The summed E-state index contributed by atoms with van der Waals surface area (Å²) >= 11 is 0. The van der Waals surface area contributed by atoms with Gasteiger partial charge in [0.15, 0.2) is 0 Å². The molecule has 0 heterocycles. The van der Waals surface area contributed by atoms with Gasteiger partial charge in [0.25, 0.3) is 0 Å². The first-order valence-electron chi connectivity index (χ1n) is 4.83. The molecule has 0 radical (unpaired) electrons. The first-order valence-corrected chi connectivity index (χ1v) is 6.01. The lowest BCUT2D eigenvalue weighted by Crippen LogP contribution is -2.12. The highest BCUT2D eigenvalue weighted by Crippen LogP contribution is 2.26. The van der Waals surface area contributed by atoms with Gasteiger partial charge in [0, 0.05) is 13.2 Å². The van der Waals surface area contributed by atoms with E-state index >= 15 is 0 Å². The number of hydrogen-bond acceptors (Lipinski definition) is 4. The summed E-state index contributed by atoms with van der Waals surface area (Å²) in [7, 11) is -1.10. The Bertz CT molecular complexity index is 422. The molecule has 1 rings (SSSR count). The predicted molar refractivity (Wildman–Crippen MR) is 63.7 cm³/mol. The molecule has 1 aromatic rings. The van der Waals surface area contributed by atoms with Crippen molar-refractivity contribution in [3.63, 3.8) is 0 Å². The van der Waals surface area contributed by atoms with E-state index in [0.717, 1.165) is 11.1 Å². The summed E-state index contributed by atoms with van der Waals surface area (Å²) in [5.41, 5.74) is 8.00. The maximum atomic E-state index is 10.7. The van der Waals surface area contributed by atoms with Crippen molar-refractivity contribution in [2.24, 2.45) is 5.73 Å². The topological polar surface area (TPSA) is 81.4 Å². The molecule has 0 fully saturated rings. The van der Waals surface area contributed by atoms with Crippen molar-refractivity contribution in [3.05, 3.63) is 29.3 Å². The van der Waals surface area contributed by atoms with Gasteiger partial charge in [0.05, 0.1) is 12.3 Å². The van der Waals surface area contributed by atoms with Crippen LogP contribution in [0.3, 0.4) is 0 Å². The summed E-state index contributed by atoms with van der Waals surface area (Å²) in [5, 5.41) is 0. The first-order chi connectivity index (χ1) is 7.56. The second-order valence-corrected chi connectivity index (χ2v) is 4.21. The van der Waals surface area contributed by atoms with E-state index in [9.17, 15) is 8.42 Å². The zero-order chi connectivity index (χ0) is 12.1.